The van der Waals surface area contributed by atoms with E-state index in [9.17, 15) is 4.79 Å². The van der Waals surface area contributed by atoms with Crippen molar-refractivity contribution >= 4 is 16.9 Å². The zero-order valence-corrected chi connectivity index (χ0v) is 16.8. The van der Waals surface area contributed by atoms with Gasteiger partial charge in [0.2, 0.25) is 0 Å². The molecule has 0 unspecified atom stereocenters. The van der Waals surface area contributed by atoms with Crippen molar-refractivity contribution in [3.63, 3.8) is 0 Å². The number of benzene rings is 1. The Kier molecular flexibility index (Phi) is 5.13. The lowest BCUT2D eigenvalue weighted by Gasteiger charge is -2.15. The Morgan fingerprint density at radius 3 is 2.54 bits per heavy atom. The SMILES string of the molecule is Cc1ccc(-n2nc(C)c3c(C(=O)NCCN4CCCC4)cc(C)nc32)cc1. The van der Waals surface area contributed by atoms with Crippen LogP contribution >= 0.6 is 0 Å². The molecule has 0 atom stereocenters. The number of aryl methyl sites for hydroxylation is 3. The van der Waals surface area contributed by atoms with Gasteiger partial charge in [0.05, 0.1) is 22.3 Å². The third kappa shape index (κ3) is 3.64. The monoisotopic (exact) mass is 377 g/mol. The number of carbonyl (C=O) groups excluding carboxylic acids is 1. The van der Waals surface area contributed by atoms with Crippen molar-refractivity contribution in [2.45, 2.75) is 33.6 Å². The van der Waals surface area contributed by atoms with E-state index >= 15 is 0 Å². The van der Waals surface area contributed by atoms with E-state index in [0.29, 0.717) is 12.1 Å². The Labute approximate surface area is 165 Å². The molecular formula is C22H27N5O. The number of amides is 1. The van der Waals surface area contributed by atoms with Crippen molar-refractivity contribution < 1.29 is 4.79 Å². The third-order valence-electron chi connectivity index (χ3n) is 5.38. The summed E-state index contributed by atoms with van der Waals surface area (Å²) in [6.07, 6.45) is 2.52. The molecule has 1 saturated heterocycles. The highest BCUT2D eigenvalue weighted by atomic mass is 16.1. The van der Waals surface area contributed by atoms with Gasteiger partial charge in [0.25, 0.3) is 5.91 Å². The van der Waals surface area contributed by atoms with Crippen LogP contribution in [0.3, 0.4) is 0 Å². The van der Waals surface area contributed by atoms with Crippen molar-refractivity contribution in [1.29, 1.82) is 0 Å². The molecule has 4 rings (SSSR count). The van der Waals surface area contributed by atoms with Crippen LogP contribution in [0.1, 0.15) is 40.2 Å². The number of pyridine rings is 1. The normalized spacial score (nSPS) is 14.7. The van der Waals surface area contributed by atoms with Crippen LogP contribution < -0.4 is 5.32 Å². The first-order valence-corrected chi connectivity index (χ1v) is 9.97. The van der Waals surface area contributed by atoms with Gasteiger partial charge in [-0.1, -0.05) is 17.7 Å². The first kappa shape index (κ1) is 18.6. The van der Waals surface area contributed by atoms with Gasteiger partial charge in [-0.2, -0.15) is 5.10 Å². The van der Waals surface area contributed by atoms with E-state index in [2.05, 4.69) is 34.4 Å². The van der Waals surface area contributed by atoms with E-state index < -0.39 is 0 Å². The fourth-order valence-corrected chi connectivity index (χ4v) is 3.89. The molecule has 6 heteroatoms. The number of likely N-dealkylation sites (tertiary alicyclic amines) is 1. The van der Waals surface area contributed by atoms with Crippen LogP contribution in [0, 0.1) is 20.8 Å². The van der Waals surface area contributed by atoms with Crippen LogP contribution in [0.25, 0.3) is 16.7 Å². The number of aromatic nitrogens is 3. The highest BCUT2D eigenvalue weighted by Gasteiger charge is 2.20. The van der Waals surface area contributed by atoms with Crippen molar-refractivity contribution in [1.82, 2.24) is 25.0 Å². The van der Waals surface area contributed by atoms with E-state index in [0.717, 1.165) is 47.7 Å². The number of rotatable bonds is 5. The van der Waals surface area contributed by atoms with Crippen LogP contribution in [-0.4, -0.2) is 51.8 Å². The van der Waals surface area contributed by atoms with E-state index in [1.54, 1.807) is 0 Å². The maximum Gasteiger partial charge on any atom is 0.252 e. The molecule has 1 fully saturated rings. The smallest absolute Gasteiger partial charge is 0.252 e. The number of hydrogen-bond acceptors (Lipinski definition) is 4. The molecule has 6 nitrogen and oxygen atoms in total. The Morgan fingerprint density at radius 2 is 1.82 bits per heavy atom. The fourth-order valence-electron chi connectivity index (χ4n) is 3.89. The highest BCUT2D eigenvalue weighted by Crippen LogP contribution is 2.25. The number of nitrogens with zero attached hydrogens (tertiary/aromatic N) is 4. The summed E-state index contributed by atoms with van der Waals surface area (Å²) in [4.78, 5) is 20.0. The van der Waals surface area contributed by atoms with Crippen LogP contribution in [-0.2, 0) is 0 Å². The molecule has 1 aromatic carbocycles. The zero-order chi connectivity index (χ0) is 19.7. The van der Waals surface area contributed by atoms with Gasteiger partial charge in [0.15, 0.2) is 5.65 Å². The van der Waals surface area contributed by atoms with E-state index in [4.69, 9.17) is 4.98 Å². The predicted octanol–water partition coefficient (Wildman–Crippen LogP) is 3.17. The number of nitrogens with one attached hydrogen (secondary N) is 1. The van der Waals surface area contributed by atoms with Crippen LogP contribution in [0.15, 0.2) is 30.3 Å². The minimum absolute atomic E-state index is 0.0544. The first-order valence-electron chi connectivity index (χ1n) is 9.97. The fraction of sp³-hybridized carbons (Fsp3) is 0.409. The predicted molar refractivity (Wildman–Crippen MR) is 111 cm³/mol. The van der Waals surface area contributed by atoms with Gasteiger partial charge in [0, 0.05) is 18.8 Å². The molecule has 1 N–H and O–H groups in total. The summed E-state index contributed by atoms with van der Waals surface area (Å²) in [6.45, 7) is 9.75. The summed E-state index contributed by atoms with van der Waals surface area (Å²) in [5.41, 5.74) is 5.14. The van der Waals surface area contributed by atoms with Gasteiger partial charge < -0.3 is 10.2 Å². The summed E-state index contributed by atoms with van der Waals surface area (Å²) in [5, 5.41) is 8.59. The minimum Gasteiger partial charge on any atom is -0.351 e. The Hall–Kier alpha value is -2.73. The van der Waals surface area contributed by atoms with Crippen molar-refractivity contribution in [2.75, 3.05) is 26.2 Å². The third-order valence-corrected chi connectivity index (χ3v) is 5.38. The molecule has 0 saturated carbocycles. The van der Waals surface area contributed by atoms with E-state index in [1.807, 2.05) is 36.7 Å². The molecule has 28 heavy (non-hydrogen) atoms. The van der Waals surface area contributed by atoms with Crippen LogP contribution in [0.4, 0.5) is 0 Å². The lowest BCUT2D eigenvalue weighted by molar-refractivity contribution is 0.0951. The molecular weight excluding hydrogens is 350 g/mol. The lowest BCUT2D eigenvalue weighted by Crippen LogP contribution is -2.33. The summed E-state index contributed by atoms with van der Waals surface area (Å²) in [5.74, 6) is -0.0544. The minimum atomic E-state index is -0.0544. The quantitative estimate of drug-likeness (QED) is 0.742. The molecule has 0 spiro atoms. The van der Waals surface area contributed by atoms with E-state index in [1.165, 1.54) is 18.4 Å². The lowest BCUT2D eigenvalue weighted by atomic mass is 10.1. The summed E-state index contributed by atoms with van der Waals surface area (Å²) in [7, 11) is 0. The molecule has 146 valence electrons. The Bertz CT molecular complexity index is 1000. The van der Waals surface area contributed by atoms with Crippen molar-refractivity contribution in [2.24, 2.45) is 0 Å². The average molecular weight is 377 g/mol. The Morgan fingerprint density at radius 1 is 1.11 bits per heavy atom. The number of carbonyl (C=O) groups is 1. The van der Waals surface area contributed by atoms with Gasteiger partial charge in [-0.15, -0.1) is 0 Å². The van der Waals surface area contributed by atoms with Crippen molar-refractivity contribution in [3.05, 3.63) is 52.8 Å². The second-order valence-electron chi connectivity index (χ2n) is 7.65. The molecule has 0 bridgehead atoms. The second-order valence-corrected chi connectivity index (χ2v) is 7.65. The molecule has 1 aliphatic rings. The maximum absolute atomic E-state index is 12.9. The second kappa shape index (κ2) is 7.72. The van der Waals surface area contributed by atoms with Crippen molar-refractivity contribution in [3.8, 4) is 5.69 Å². The summed E-state index contributed by atoms with van der Waals surface area (Å²) >= 11 is 0. The summed E-state index contributed by atoms with van der Waals surface area (Å²) < 4.78 is 1.83. The number of hydrogen-bond donors (Lipinski definition) is 1. The zero-order valence-electron chi connectivity index (χ0n) is 16.8. The largest absolute Gasteiger partial charge is 0.351 e. The molecule has 1 aliphatic heterocycles. The molecule has 3 heterocycles. The summed E-state index contributed by atoms with van der Waals surface area (Å²) in [6, 6.07) is 10.0. The molecule has 2 aromatic heterocycles. The van der Waals surface area contributed by atoms with Crippen LogP contribution in [0.2, 0.25) is 0 Å². The van der Waals surface area contributed by atoms with Gasteiger partial charge in [-0.05, 0) is 64.9 Å². The Balaban J connectivity index is 1.65. The maximum atomic E-state index is 12.9. The molecule has 1 amide bonds. The topological polar surface area (TPSA) is 63.1 Å². The molecule has 0 aliphatic carbocycles. The highest BCUT2D eigenvalue weighted by molar-refractivity contribution is 6.06. The average Bonchev–Trinajstić information content (AvgIpc) is 3.30. The van der Waals surface area contributed by atoms with Gasteiger partial charge in [0.1, 0.15) is 0 Å². The standard InChI is InChI=1S/C22H27N5O/c1-15-6-8-18(9-7-15)27-21-20(17(3)25-27)19(14-16(2)24-21)22(28)23-10-13-26-11-4-5-12-26/h6-9,14H,4-5,10-13H2,1-3H3,(H,23,28). The van der Waals surface area contributed by atoms with E-state index in [-0.39, 0.29) is 5.91 Å². The first-order chi connectivity index (χ1) is 13.5. The van der Waals surface area contributed by atoms with Gasteiger partial charge in [-0.25, -0.2) is 9.67 Å². The molecule has 0 radical (unpaired) electrons. The van der Waals surface area contributed by atoms with Gasteiger partial charge in [-0.3, -0.25) is 4.79 Å². The van der Waals surface area contributed by atoms with Gasteiger partial charge >= 0.3 is 0 Å². The number of fused-ring (bicyclic) bond motifs is 1. The van der Waals surface area contributed by atoms with Crippen LogP contribution in [0.5, 0.6) is 0 Å². The molecule has 3 aromatic rings.